The molecule has 9 heteroatoms. The molecule has 0 aliphatic carbocycles. The number of nitrogens with zero attached hydrogens (tertiary/aromatic N) is 2. The number of ether oxygens (including phenoxy) is 1. The van der Waals surface area contributed by atoms with Gasteiger partial charge in [-0.3, -0.25) is 0 Å². The average Bonchev–Trinajstić information content (AvgIpc) is 3.63. The minimum atomic E-state index is 0.143. The van der Waals surface area contributed by atoms with Gasteiger partial charge < -0.3 is 18.0 Å². The molecule has 5 rings (SSSR count). The van der Waals surface area contributed by atoms with Crippen LogP contribution in [0, 0.1) is 11.3 Å². The Kier molecular flexibility index (Phi) is 7.01. The van der Waals surface area contributed by atoms with Gasteiger partial charge in [0.2, 0.25) is 5.88 Å². The van der Waals surface area contributed by atoms with Crippen LogP contribution in [0.25, 0.3) is 22.8 Å². The smallest absolute Gasteiger partial charge is 0.238 e. The standard InChI is InChI=1S/C27H15BrCl2N2O4/c28-20-11-16(5-8-22(20)35-15-17-6-7-18(29)12-21(17)30)14-32-27-19(13-31)25(23-3-1-9-33-23)26(36-27)24-4-2-10-34-24/h1-12,14H,15H2. The van der Waals surface area contributed by atoms with Crippen molar-refractivity contribution in [2.24, 2.45) is 4.99 Å². The van der Waals surface area contributed by atoms with Crippen molar-refractivity contribution in [3.8, 4) is 34.7 Å². The van der Waals surface area contributed by atoms with Crippen LogP contribution in [0.5, 0.6) is 5.75 Å². The Labute approximate surface area is 224 Å². The number of nitriles is 1. The SMILES string of the molecule is N#Cc1c(N=Cc2ccc(OCc3ccc(Cl)cc3Cl)c(Br)c2)oc(-c2ccco2)c1-c1ccco1. The van der Waals surface area contributed by atoms with Crippen LogP contribution in [-0.2, 0) is 6.61 Å². The van der Waals surface area contributed by atoms with Crippen LogP contribution >= 0.6 is 39.1 Å². The minimum absolute atomic E-state index is 0.143. The highest BCUT2D eigenvalue weighted by Crippen LogP contribution is 2.42. The molecule has 36 heavy (non-hydrogen) atoms. The van der Waals surface area contributed by atoms with Gasteiger partial charge in [-0.2, -0.15) is 5.26 Å². The largest absolute Gasteiger partial charge is 0.488 e. The highest BCUT2D eigenvalue weighted by Gasteiger charge is 2.26. The summed E-state index contributed by atoms with van der Waals surface area (Å²) in [6.07, 6.45) is 4.66. The lowest BCUT2D eigenvalue weighted by Gasteiger charge is -2.10. The molecule has 0 saturated carbocycles. The first-order valence-corrected chi connectivity index (χ1v) is 12.1. The predicted molar refractivity (Wildman–Crippen MR) is 141 cm³/mol. The molecule has 3 aromatic heterocycles. The first kappa shape index (κ1) is 24.0. The van der Waals surface area contributed by atoms with Gasteiger partial charge in [0.15, 0.2) is 11.5 Å². The summed E-state index contributed by atoms with van der Waals surface area (Å²) in [4.78, 5) is 4.44. The molecule has 0 amide bonds. The zero-order chi connectivity index (χ0) is 25.1. The number of hydrogen-bond donors (Lipinski definition) is 0. The maximum absolute atomic E-state index is 9.88. The third-order valence-electron chi connectivity index (χ3n) is 5.20. The van der Waals surface area contributed by atoms with E-state index in [2.05, 4.69) is 27.0 Å². The maximum Gasteiger partial charge on any atom is 0.238 e. The van der Waals surface area contributed by atoms with Crippen LogP contribution in [0.1, 0.15) is 16.7 Å². The van der Waals surface area contributed by atoms with Crippen LogP contribution in [0.2, 0.25) is 10.0 Å². The number of halogens is 3. The van der Waals surface area contributed by atoms with Crippen molar-refractivity contribution in [3.63, 3.8) is 0 Å². The summed E-state index contributed by atoms with van der Waals surface area (Å²) in [5.41, 5.74) is 2.31. The van der Waals surface area contributed by atoms with Crippen LogP contribution in [-0.4, -0.2) is 6.21 Å². The molecule has 0 fully saturated rings. The monoisotopic (exact) mass is 580 g/mol. The summed E-state index contributed by atoms with van der Waals surface area (Å²) in [6.45, 7) is 0.283. The number of benzene rings is 2. The molecule has 0 radical (unpaired) electrons. The van der Waals surface area contributed by atoms with Gasteiger partial charge >= 0.3 is 0 Å². The summed E-state index contributed by atoms with van der Waals surface area (Å²) in [5.74, 6) is 2.08. The van der Waals surface area contributed by atoms with E-state index in [9.17, 15) is 5.26 Å². The molecule has 178 valence electrons. The van der Waals surface area contributed by atoms with Gasteiger partial charge in [-0.15, -0.1) is 0 Å². The lowest BCUT2D eigenvalue weighted by molar-refractivity contribution is 0.304. The molecule has 0 saturated heterocycles. The molecule has 0 aliphatic rings. The van der Waals surface area contributed by atoms with E-state index in [4.69, 9.17) is 41.2 Å². The zero-order valence-electron chi connectivity index (χ0n) is 18.4. The Morgan fingerprint density at radius 1 is 1.00 bits per heavy atom. The Hall–Kier alpha value is -3.70. The molecular weight excluding hydrogens is 567 g/mol. The van der Waals surface area contributed by atoms with Gasteiger partial charge in [0.1, 0.15) is 29.7 Å². The van der Waals surface area contributed by atoms with E-state index in [0.717, 1.165) is 15.6 Å². The molecule has 2 aromatic carbocycles. The Bertz CT molecular complexity index is 1580. The number of furan rings is 3. The molecule has 5 aromatic rings. The summed E-state index contributed by atoms with van der Waals surface area (Å²) < 4.78 is 23.6. The minimum Gasteiger partial charge on any atom is -0.488 e. The van der Waals surface area contributed by atoms with Crippen molar-refractivity contribution >= 4 is 51.2 Å². The highest BCUT2D eigenvalue weighted by molar-refractivity contribution is 9.10. The van der Waals surface area contributed by atoms with Crippen molar-refractivity contribution in [3.05, 3.63) is 104 Å². The maximum atomic E-state index is 9.88. The van der Waals surface area contributed by atoms with Crippen molar-refractivity contribution in [2.45, 2.75) is 6.61 Å². The predicted octanol–water partition coefficient (Wildman–Crippen LogP) is 9.07. The Balaban J connectivity index is 1.40. The van der Waals surface area contributed by atoms with E-state index >= 15 is 0 Å². The number of hydrogen-bond acceptors (Lipinski definition) is 6. The second kappa shape index (κ2) is 10.5. The van der Waals surface area contributed by atoms with Crippen LogP contribution in [0.15, 0.2) is 95.9 Å². The fourth-order valence-corrected chi connectivity index (χ4v) is 4.47. The quantitative estimate of drug-likeness (QED) is 0.179. The molecule has 0 aliphatic heterocycles. The van der Waals surface area contributed by atoms with E-state index in [1.807, 2.05) is 24.3 Å². The summed E-state index contributed by atoms with van der Waals surface area (Å²) in [7, 11) is 0. The van der Waals surface area contributed by atoms with Crippen molar-refractivity contribution in [2.75, 3.05) is 0 Å². The average molecular weight is 582 g/mol. The fraction of sp³-hybridized carbons (Fsp3) is 0.0370. The molecule has 0 bridgehead atoms. The normalized spacial score (nSPS) is 11.2. The van der Waals surface area contributed by atoms with Crippen LogP contribution in [0.3, 0.4) is 0 Å². The Morgan fingerprint density at radius 2 is 1.78 bits per heavy atom. The second-order valence-electron chi connectivity index (χ2n) is 7.53. The molecule has 3 heterocycles. The third-order valence-corrected chi connectivity index (χ3v) is 6.41. The van der Waals surface area contributed by atoms with Gasteiger partial charge in [0.05, 0.1) is 22.6 Å². The van der Waals surface area contributed by atoms with Gasteiger partial charge in [0.25, 0.3) is 0 Å². The van der Waals surface area contributed by atoms with Crippen molar-refractivity contribution in [1.82, 2.24) is 0 Å². The molecule has 0 atom stereocenters. The highest BCUT2D eigenvalue weighted by atomic mass is 79.9. The summed E-state index contributed by atoms with van der Waals surface area (Å²) in [6, 6.07) is 19.9. The van der Waals surface area contributed by atoms with E-state index in [1.54, 1.807) is 42.6 Å². The molecular formula is C27H15BrCl2N2O4. The van der Waals surface area contributed by atoms with Crippen molar-refractivity contribution < 1.29 is 18.0 Å². The van der Waals surface area contributed by atoms with E-state index in [1.165, 1.54) is 12.5 Å². The first-order chi connectivity index (χ1) is 17.5. The van der Waals surface area contributed by atoms with E-state index in [0.29, 0.717) is 38.6 Å². The zero-order valence-corrected chi connectivity index (χ0v) is 21.5. The van der Waals surface area contributed by atoms with Gasteiger partial charge in [-0.05, 0) is 76.1 Å². The summed E-state index contributed by atoms with van der Waals surface area (Å²) in [5, 5.41) is 11.0. The van der Waals surface area contributed by atoms with Gasteiger partial charge in [-0.1, -0.05) is 29.3 Å². The fourth-order valence-electron chi connectivity index (χ4n) is 3.49. The van der Waals surface area contributed by atoms with Crippen LogP contribution in [0.4, 0.5) is 5.88 Å². The first-order valence-electron chi connectivity index (χ1n) is 10.6. The van der Waals surface area contributed by atoms with Gasteiger partial charge in [0, 0.05) is 21.8 Å². The van der Waals surface area contributed by atoms with Gasteiger partial charge in [-0.25, -0.2) is 4.99 Å². The second-order valence-corrected chi connectivity index (χ2v) is 9.22. The summed E-state index contributed by atoms with van der Waals surface area (Å²) >= 11 is 15.7. The Morgan fingerprint density at radius 3 is 2.44 bits per heavy atom. The lowest BCUT2D eigenvalue weighted by atomic mass is 10.1. The number of rotatable bonds is 7. The third kappa shape index (κ3) is 4.98. The van der Waals surface area contributed by atoms with E-state index < -0.39 is 0 Å². The molecule has 0 unspecified atom stereocenters. The molecule has 0 spiro atoms. The van der Waals surface area contributed by atoms with Crippen molar-refractivity contribution in [1.29, 1.82) is 5.26 Å². The van der Waals surface area contributed by atoms with E-state index in [-0.39, 0.29) is 18.1 Å². The number of aliphatic imine (C=N–C) groups is 1. The lowest BCUT2D eigenvalue weighted by Crippen LogP contribution is -1.97. The molecule has 0 N–H and O–H groups in total. The van der Waals surface area contributed by atoms with Crippen LogP contribution < -0.4 is 4.74 Å². The molecule has 6 nitrogen and oxygen atoms in total. The topological polar surface area (TPSA) is 84.8 Å².